The highest BCUT2D eigenvalue weighted by Gasteiger charge is 2.23. The van der Waals surface area contributed by atoms with Crippen LogP contribution in [0.25, 0.3) is 0 Å². The van der Waals surface area contributed by atoms with Gasteiger partial charge in [-0.1, -0.05) is 6.07 Å². The molecular weight excluding hydrogens is 491 g/mol. The maximum absolute atomic E-state index is 13.7. The van der Waals surface area contributed by atoms with Crippen LogP contribution >= 0.6 is 24.0 Å². The summed E-state index contributed by atoms with van der Waals surface area (Å²) in [6.45, 7) is 3.67. The molecule has 0 aromatic heterocycles. The minimum Gasteiger partial charge on any atom is -0.376 e. The Balaban J connectivity index is 0.00000300. The molecule has 1 aromatic rings. The van der Waals surface area contributed by atoms with E-state index in [4.69, 9.17) is 9.47 Å². The van der Waals surface area contributed by atoms with E-state index in [2.05, 4.69) is 15.2 Å². The Bertz CT molecular complexity index is 629. The average Bonchev–Trinajstić information content (AvgIpc) is 2.73. The molecule has 2 aliphatic heterocycles. The molecule has 1 aromatic carbocycles. The van der Waals surface area contributed by atoms with E-state index in [1.807, 2.05) is 0 Å². The van der Waals surface area contributed by atoms with Crippen molar-refractivity contribution in [1.29, 1.82) is 0 Å². The molecule has 3 rings (SSSR count). The highest BCUT2D eigenvalue weighted by atomic mass is 127. The zero-order valence-corrected chi connectivity index (χ0v) is 19.4. The molecule has 2 heterocycles. The van der Waals surface area contributed by atoms with Crippen LogP contribution < -0.4 is 5.32 Å². The third-order valence-corrected chi connectivity index (χ3v) is 5.46. The van der Waals surface area contributed by atoms with Crippen molar-refractivity contribution in [2.75, 3.05) is 39.9 Å². The summed E-state index contributed by atoms with van der Waals surface area (Å²) in [5, 5.41) is 3.22. The summed E-state index contributed by atoms with van der Waals surface area (Å²) in [4.78, 5) is 6.49. The molecule has 164 valence electrons. The monoisotopic (exact) mass is 523 g/mol. The third-order valence-electron chi connectivity index (χ3n) is 5.46. The van der Waals surface area contributed by atoms with E-state index in [1.165, 1.54) is 24.6 Å². The second-order valence-electron chi connectivity index (χ2n) is 7.43. The maximum atomic E-state index is 13.7. The molecule has 8 heteroatoms. The predicted octanol–water partition coefficient (Wildman–Crippen LogP) is 3.75. The van der Waals surface area contributed by atoms with E-state index < -0.39 is 11.6 Å². The number of hydrogen-bond donors (Lipinski definition) is 1. The molecule has 0 spiro atoms. The number of ether oxygens (including phenoxy) is 2. The van der Waals surface area contributed by atoms with Gasteiger partial charge < -0.3 is 19.7 Å². The number of halogens is 3. The first-order valence-corrected chi connectivity index (χ1v) is 10.3. The van der Waals surface area contributed by atoms with Gasteiger partial charge in [0.15, 0.2) is 5.96 Å². The van der Waals surface area contributed by atoms with Crippen LogP contribution in [0.5, 0.6) is 0 Å². The summed E-state index contributed by atoms with van der Waals surface area (Å²) in [6, 6.07) is 3.96. The van der Waals surface area contributed by atoms with Gasteiger partial charge in [0, 0.05) is 38.9 Å². The summed E-state index contributed by atoms with van der Waals surface area (Å²) in [7, 11) is 1.73. The first-order valence-electron chi connectivity index (χ1n) is 10.3. The molecule has 0 aliphatic carbocycles. The van der Waals surface area contributed by atoms with Crippen molar-refractivity contribution in [3.63, 3.8) is 0 Å². The van der Waals surface area contributed by atoms with Gasteiger partial charge in [-0.2, -0.15) is 0 Å². The van der Waals surface area contributed by atoms with E-state index in [0.717, 1.165) is 51.3 Å². The quantitative estimate of drug-likeness (QED) is 0.351. The summed E-state index contributed by atoms with van der Waals surface area (Å²) in [5.41, 5.74) is 0.113. The number of benzene rings is 1. The lowest BCUT2D eigenvalue weighted by molar-refractivity contribution is -0.0721. The number of aliphatic imine (C=N–C) groups is 1. The van der Waals surface area contributed by atoms with Gasteiger partial charge in [0.05, 0.1) is 18.8 Å². The van der Waals surface area contributed by atoms with Crippen LogP contribution in [0.4, 0.5) is 8.78 Å². The SMILES string of the molecule is CN=C(NCCc1c(F)cccc1F)N1CCC(OCC2CCCCO2)CC1.I. The molecule has 2 aliphatic rings. The normalized spacial score (nSPS) is 21.0. The van der Waals surface area contributed by atoms with E-state index in [0.29, 0.717) is 13.2 Å². The smallest absolute Gasteiger partial charge is 0.193 e. The second kappa shape index (κ2) is 12.6. The lowest BCUT2D eigenvalue weighted by Crippen LogP contribution is -2.47. The van der Waals surface area contributed by atoms with Crippen molar-refractivity contribution >= 4 is 29.9 Å². The van der Waals surface area contributed by atoms with Crippen molar-refractivity contribution in [2.24, 2.45) is 4.99 Å². The van der Waals surface area contributed by atoms with Crippen molar-refractivity contribution in [1.82, 2.24) is 10.2 Å². The number of nitrogens with one attached hydrogen (secondary N) is 1. The van der Waals surface area contributed by atoms with Gasteiger partial charge in [-0.3, -0.25) is 4.99 Å². The predicted molar refractivity (Wildman–Crippen MR) is 121 cm³/mol. The molecule has 29 heavy (non-hydrogen) atoms. The number of guanidine groups is 1. The summed E-state index contributed by atoms with van der Waals surface area (Å²) in [6.07, 6.45) is 6.14. The lowest BCUT2D eigenvalue weighted by Gasteiger charge is -2.35. The Kier molecular flexibility index (Phi) is 10.6. The third kappa shape index (κ3) is 7.32. The van der Waals surface area contributed by atoms with E-state index >= 15 is 0 Å². The number of rotatable bonds is 6. The minimum atomic E-state index is -0.503. The Labute approximate surface area is 189 Å². The number of hydrogen-bond acceptors (Lipinski definition) is 3. The fourth-order valence-electron chi connectivity index (χ4n) is 3.82. The molecule has 2 saturated heterocycles. The van der Waals surface area contributed by atoms with Crippen LogP contribution in [-0.4, -0.2) is 63.0 Å². The molecule has 1 unspecified atom stereocenters. The van der Waals surface area contributed by atoms with Crippen molar-refractivity contribution in [2.45, 2.75) is 50.7 Å². The van der Waals surface area contributed by atoms with Crippen LogP contribution in [0.15, 0.2) is 23.2 Å². The van der Waals surface area contributed by atoms with Crippen LogP contribution in [0, 0.1) is 11.6 Å². The fraction of sp³-hybridized carbons (Fsp3) is 0.667. The number of piperidine rings is 1. The molecule has 2 fully saturated rings. The standard InChI is InChI=1S/C21H31F2N3O2.HI/c1-24-21(25-11-8-18-19(22)6-4-7-20(18)23)26-12-9-16(10-13-26)28-15-17-5-2-3-14-27-17;/h4,6-7,16-17H,2-3,5,8-15H2,1H3,(H,24,25);1H. The summed E-state index contributed by atoms with van der Waals surface area (Å²) in [5.74, 6) is -0.237. The summed E-state index contributed by atoms with van der Waals surface area (Å²) >= 11 is 0. The molecule has 0 saturated carbocycles. The first-order chi connectivity index (χ1) is 13.7. The van der Waals surface area contributed by atoms with Gasteiger partial charge in [-0.05, 0) is 50.7 Å². The first kappa shape index (κ1) is 24.3. The Morgan fingerprint density at radius 2 is 1.93 bits per heavy atom. The largest absolute Gasteiger partial charge is 0.376 e. The van der Waals surface area contributed by atoms with E-state index in [1.54, 1.807) is 7.05 Å². The number of likely N-dealkylation sites (tertiary alicyclic amines) is 1. The summed E-state index contributed by atoms with van der Waals surface area (Å²) < 4.78 is 39.2. The molecule has 0 bridgehead atoms. The van der Waals surface area contributed by atoms with Crippen LogP contribution in [0.1, 0.15) is 37.7 Å². The molecule has 0 amide bonds. The highest BCUT2D eigenvalue weighted by molar-refractivity contribution is 14.0. The number of nitrogens with zero attached hydrogens (tertiary/aromatic N) is 2. The fourth-order valence-corrected chi connectivity index (χ4v) is 3.82. The zero-order valence-electron chi connectivity index (χ0n) is 17.0. The van der Waals surface area contributed by atoms with Crippen LogP contribution in [0.2, 0.25) is 0 Å². The highest BCUT2D eigenvalue weighted by Crippen LogP contribution is 2.18. The van der Waals surface area contributed by atoms with Crippen molar-refractivity contribution in [3.05, 3.63) is 35.4 Å². The molecule has 0 radical (unpaired) electrons. The second-order valence-corrected chi connectivity index (χ2v) is 7.43. The Morgan fingerprint density at radius 1 is 1.21 bits per heavy atom. The Hall–Kier alpha value is -1.00. The zero-order chi connectivity index (χ0) is 19.8. The van der Waals surface area contributed by atoms with Gasteiger partial charge >= 0.3 is 0 Å². The molecule has 5 nitrogen and oxygen atoms in total. The topological polar surface area (TPSA) is 46.1 Å². The van der Waals surface area contributed by atoms with Gasteiger partial charge in [0.1, 0.15) is 11.6 Å². The van der Waals surface area contributed by atoms with E-state index in [9.17, 15) is 8.78 Å². The van der Waals surface area contributed by atoms with Crippen LogP contribution in [-0.2, 0) is 15.9 Å². The molecular formula is C21H32F2IN3O2. The van der Waals surface area contributed by atoms with Gasteiger partial charge in [-0.15, -0.1) is 24.0 Å². The minimum absolute atomic E-state index is 0. The average molecular weight is 523 g/mol. The molecule has 1 atom stereocenters. The van der Waals surface area contributed by atoms with Gasteiger partial charge in [0.2, 0.25) is 0 Å². The maximum Gasteiger partial charge on any atom is 0.193 e. The van der Waals surface area contributed by atoms with Crippen molar-refractivity contribution in [3.8, 4) is 0 Å². The molecule has 1 N–H and O–H groups in total. The van der Waals surface area contributed by atoms with Gasteiger partial charge in [-0.25, -0.2) is 8.78 Å². The van der Waals surface area contributed by atoms with Crippen molar-refractivity contribution < 1.29 is 18.3 Å². The lowest BCUT2D eigenvalue weighted by atomic mass is 10.1. The van der Waals surface area contributed by atoms with Crippen LogP contribution in [0.3, 0.4) is 0 Å². The Morgan fingerprint density at radius 3 is 2.55 bits per heavy atom. The van der Waals surface area contributed by atoms with Gasteiger partial charge in [0.25, 0.3) is 0 Å². The van der Waals surface area contributed by atoms with E-state index in [-0.39, 0.29) is 48.2 Å².